The molecular weight excluding hydrogens is 450 g/mol. The van der Waals surface area contributed by atoms with E-state index < -0.39 is 0 Å². The number of rotatable bonds is 6. The van der Waals surface area contributed by atoms with Crippen molar-refractivity contribution >= 4 is 23.5 Å². The van der Waals surface area contributed by atoms with Gasteiger partial charge in [-0.25, -0.2) is 24.7 Å². The minimum absolute atomic E-state index is 0.00406. The Hall–Kier alpha value is -4.06. The smallest absolute Gasteiger partial charge is 0.407 e. The van der Waals surface area contributed by atoms with Gasteiger partial charge in [-0.05, 0) is 25.2 Å². The van der Waals surface area contributed by atoms with Crippen LogP contribution in [0.1, 0.15) is 37.5 Å². The van der Waals surface area contributed by atoms with Crippen molar-refractivity contribution in [2.45, 2.75) is 43.4 Å². The van der Waals surface area contributed by atoms with Crippen LogP contribution in [0.3, 0.4) is 0 Å². The second-order valence-corrected chi connectivity index (χ2v) is 9.55. The van der Waals surface area contributed by atoms with Crippen molar-refractivity contribution in [3.63, 3.8) is 0 Å². The number of nitrogens with one attached hydrogen (secondary N) is 3. The van der Waals surface area contributed by atoms with Crippen molar-refractivity contribution in [1.82, 2.24) is 39.9 Å². The summed E-state index contributed by atoms with van der Waals surface area (Å²) in [7, 11) is 0. The lowest BCUT2D eigenvalue weighted by Gasteiger charge is -2.61. The van der Waals surface area contributed by atoms with E-state index in [0.717, 1.165) is 42.1 Å². The SMILES string of the molecule is O=C(NC12CC(C1)C2)OC1COC(c2cc(Nc3nc(-c4cncnc4)cc4nccn34)n[nH]2)C1. The molecule has 4 aromatic heterocycles. The molecule has 0 spiro atoms. The predicted octanol–water partition coefficient (Wildman–Crippen LogP) is 2.76. The molecule has 3 N–H and O–H groups in total. The molecule has 3 aliphatic carbocycles. The summed E-state index contributed by atoms with van der Waals surface area (Å²) < 4.78 is 13.3. The lowest BCUT2D eigenvalue weighted by Crippen LogP contribution is -2.68. The highest BCUT2D eigenvalue weighted by molar-refractivity contribution is 5.69. The van der Waals surface area contributed by atoms with Gasteiger partial charge in [0.05, 0.1) is 18.0 Å². The van der Waals surface area contributed by atoms with Gasteiger partial charge in [0.1, 0.15) is 24.2 Å². The molecule has 2 unspecified atom stereocenters. The summed E-state index contributed by atoms with van der Waals surface area (Å²) in [6.07, 6.45) is 11.4. The van der Waals surface area contributed by atoms with E-state index in [4.69, 9.17) is 14.5 Å². The summed E-state index contributed by atoms with van der Waals surface area (Å²) in [6.45, 7) is 0.355. The van der Waals surface area contributed by atoms with Gasteiger partial charge in [-0.15, -0.1) is 0 Å². The molecule has 1 amide bonds. The maximum Gasteiger partial charge on any atom is 0.407 e. The summed E-state index contributed by atoms with van der Waals surface area (Å²) in [6, 6.07) is 3.74. The van der Waals surface area contributed by atoms with E-state index in [-0.39, 0.29) is 23.8 Å². The van der Waals surface area contributed by atoms with Crippen LogP contribution in [0.15, 0.2) is 43.2 Å². The van der Waals surface area contributed by atoms with Crippen LogP contribution in [0.25, 0.3) is 16.9 Å². The highest BCUT2D eigenvalue weighted by Crippen LogP contribution is 2.56. The number of alkyl carbamates (subject to hydrolysis) is 1. The second kappa shape index (κ2) is 7.73. The minimum Gasteiger partial charge on any atom is -0.444 e. The first-order valence-corrected chi connectivity index (χ1v) is 11.6. The normalized spacial score (nSPS) is 26.7. The fourth-order valence-electron chi connectivity index (χ4n) is 5.20. The van der Waals surface area contributed by atoms with Gasteiger partial charge in [0, 0.05) is 54.4 Å². The highest BCUT2D eigenvalue weighted by atomic mass is 16.6. The monoisotopic (exact) mass is 473 g/mol. The first-order valence-electron chi connectivity index (χ1n) is 11.6. The molecule has 5 heterocycles. The van der Waals surface area contributed by atoms with Gasteiger partial charge in [-0.3, -0.25) is 9.50 Å². The summed E-state index contributed by atoms with van der Waals surface area (Å²) in [5.74, 6) is 1.93. The number of nitrogens with zero attached hydrogens (tertiary/aromatic N) is 6. The highest BCUT2D eigenvalue weighted by Gasteiger charge is 2.57. The van der Waals surface area contributed by atoms with Crippen molar-refractivity contribution in [3.8, 4) is 11.3 Å². The molecule has 4 aliphatic rings. The third kappa shape index (κ3) is 3.66. The Morgan fingerprint density at radius 1 is 1.23 bits per heavy atom. The zero-order valence-corrected chi connectivity index (χ0v) is 18.7. The lowest BCUT2D eigenvalue weighted by molar-refractivity contribution is -0.0510. The van der Waals surface area contributed by atoms with Gasteiger partial charge in [-0.1, -0.05) is 0 Å². The fraction of sp³-hybridized carbons (Fsp3) is 0.391. The minimum atomic E-state index is -0.344. The van der Waals surface area contributed by atoms with Crippen LogP contribution < -0.4 is 10.6 Å². The molecule has 0 radical (unpaired) electrons. The number of amides is 1. The number of aromatic amines is 1. The molecule has 35 heavy (non-hydrogen) atoms. The van der Waals surface area contributed by atoms with E-state index in [0.29, 0.717) is 30.5 Å². The van der Waals surface area contributed by atoms with Gasteiger partial charge in [0.25, 0.3) is 0 Å². The van der Waals surface area contributed by atoms with Crippen LogP contribution in [-0.2, 0) is 9.47 Å². The molecule has 4 fully saturated rings. The summed E-state index contributed by atoms with van der Waals surface area (Å²) >= 11 is 0. The number of H-pyrrole nitrogens is 1. The predicted molar refractivity (Wildman–Crippen MR) is 123 cm³/mol. The van der Waals surface area contributed by atoms with Gasteiger partial charge in [-0.2, -0.15) is 5.10 Å². The van der Waals surface area contributed by atoms with Crippen LogP contribution in [-0.4, -0.2) is 58.9 Å². The zero-order chi connectivity index (χ0) is 23.4. The average molecular weight is 473 g/mol. The van der Waals surface area contributed by atoms with Crippen molar-refractivity contribution < 1.29 is 14.3 Å². The van der Waals surface area contributed by atoms with Gasteiger partial charge in [0.2, 0.25) is 5.95 Å². The third-order valence-electron chi connectivity index (χ3n) is 7.07. The van der Waals surface area contributed by atoms with Crippen LogP contribution in [0.2, 0.25) is 0 Å². The molecule has 2 atom stereocenters. The number of carbonyl (C=O) groups is 1. The van der Waals surface area contributed by atoms with Crippen LogP contribution in [0.5, 0.6) is 0 Å². The maximum atomic E-state index is 12.3. The number of ether oxygens (including phenoxy) is 2. The molecule has 178 valence electrons. The summed E-state index contributed by atoms with van der Waals surface area (Å²) in [4.78, 5) is 29.5. The van der Waals surface area contributed by atoms with Crippen molar-refractivity contribution in [2.75, 3.05) is 11.9 Å². The number of imidazole rings is 1. The van der Waals surface area contributed by atoms with Crippen LogP contribution >= 0.6 is 0 Å². The molecule has 12 nitrogen and oxygen atoms in total. The lowest BCUT2D eigenvalue weighted by atomic mass is 9.50. The Balaban J connectivity index is 1.03. The molecule has 1 aliphatic heterocycles. The number of anilines is 2. The van der Waals surface area contributed by atoms with Crippen LogP contribution in [0, 0.1) is 5.92 Å². The number of hydrogen-bond acceptors (Lipinski definition) is 9. The zero-order valence-electron chi connectivity index (χ0n) is 18.7. The Labute approximate surface area is 199 Å². The molecule has 8 rings (SSSR count). The van der Waals surface area contributed by atoms with Crippen molar-refractivity contribution in [2.24, 2.45) is 5.92 Å². The maximum absolute atomic E-state index is 12.3. The molecule has 3 saturated carbocycles. The molecule has 4 aromatic rings. The number of hydrogen-bond donors (Lipinski definition) is 3. The van der Waals surface area contributed by atoms with Crippen molar-refractivity contribution in [3.05, 3.63) is 48.9 Å². The van der Waals surface area contributed by atoms with E-state index in [1.165, 1.54) is 6.33 Å². The molecular formula is C23H23N9O3. The molecule has 2 bridgehead atoms. The van der Waals surface area contributed by atoms with E-state index in [1.54, 1.807) is 18.6 Å². The van der Waals surface area contributed by atoms with Crippen LogP contribution in [0.4, 0.5) is 16.6 Å². The van der Waals surface area contributed by atoms with Crippen molar-refractivity contribution in [1.29, 1.82) is 0 Å². The largest absolute Gasteiger partial charge is 0.444 e. The average Bonchev–Trinajstić information content (AvgIpc) is 3.57. The number of aromatic nitrogens is 7. The topological polar surface area (TPSA) is 144 Å². The summed E-state index contributed by atoms with van der Waals surface area (Å²) in [5, 5.41) is 13.7. The quantitative estimate of drug-likeness (QED) is 0.385. The first-order chi connectivity index (χ1) is 17.1. The second-order valence-electron chi connectivity index (χ2n) is 9.55. The number of carbonyl (C=O) groups excluding carboxylic acids is 1. The Morgan fingerprint density at radius 2 is 2.09 bits per heavy atom. The first kappa shape index (κ1) is 20.3. The van der Waals surface area contributed by atoms with E-state index >= 15 is 0 Å². The fourth-order valence-corrected chi connectivity index (χ4v) is 5.20. The van der Waals surface area contributed by atoms with Gasteiger partial charge >= 0.3 is 6.09 Å². The third-order valence-corrected chi connectivity index (χ3v) is 7.07. The van der Waals surface area contributed by atoms with Gasteiger partial charge in [0.15, 0.2) is 5.82 Å². The number of fused-ring (bicyclic) bond motifs is 1. The standard InChI is InChI=1S/C23H23N9O3/c33-22(29-23-6-13(7-23)8-23)35-15-3-18(34-11-15)17-4-19(31-30-17)28-21-27-16(14-9-24-12-25-10-14)5-20-26-1-2-32(20)21/h1-2,4-5,9-10,12-13,15,18H,3,6-8,11H2,(H,29,33)(H2,27,28,30,31). The van der Waals surface area contributed by atoms with E-state index in [2.05, 4.69) is 35.8 Å². The molecule has 0 aromatic carbocycles. The van der Waals surface area contributed by atoms with E-state index in [1.807, 2.05) is 22.7 Å². The summed E-state index contributed by atoms with van der Waals surface area (Å²) in [5.41, 5.74) is 3.01. The molecule has 1 saturated heterocycles. The molecule has 12 heteroatoms. The van der Waals surface area contributed by atoms with E-state index in [9.17, 15) is 4.79 Å². The Morgan fingerprint density at radius 3 is 2.89 bits per heavy atom. The Bertz CT molecular complexity index is 1380. The van der Waals surface area contributed by atoms with Gasteiger partial charge < -0.3 is 20.1 Å². The Kier molecular flexibility index (Phi) is 4.49.